The van der Waals surface area contributed by atoms with Crippen molar-refractivity contribution in [2.75, 3.05) is 38.5 Å². The Kier molecular flexibility index (Phi) is 5.12. The molecule has 1 aromatic carbocycles. The van der Waals surface area contributed by atoms with E-state index >= 15 is 0 Å². The molecule has 7 nitrogen and oxygen atoms in total. The van der Waals surface area contributed by atoms with Crippen LogP contribution in [0.4, 0.5) is 5.69 Å². The standard InChI is InChI=1S/C12H19N5O2S2/c1-16-6-8-17(9-7-16)15-12(20)14-10-2-4-11(5-3-10)21(13,18)19/h2-5H,6-9H2,1H3,(H2,13,18,19)(H2,14,15,20)/p+1. The average Bonchev–Trinajstić information content (AvgIpc) is 2.41. The number of benzene rings is 1. The number of likely N-dealkylation sites (N-methyl/N-ethyl adjacent to an activating group) is 1. The number of hydrogen-bond donors (Lipinski definition) is 4. The zero-order valence-corrected chi connectivity index (χ0v) is 13.4. The molecule has 0 atom stereocenters. The van der Waals surface area contributed by atoms with Gasteiger partial charge in [-0.3, -0.25) is 5.43 Å². The molecule has 1 fully saturated rings. The molecular formula is C12H20N5O2S2+. The Morgan fingerprint density at radius 3 is 2.38 bits per heavy atom. The first-order valence-corrected chi connectivity index (χ1v) is 8.57. The number of anilines is 1. The third-order valence-corrected chi connectivity index (χ3v) is 4.44. The van der Waals surface area contributed by atoms with E-state index in [0.29, 0.717) is 10.8 Å². The number of hydrazine groups is 1. The summed E-state index contributed by atoms with van der Waals surface area (Å²) in [6.07, 6.45) is 0. The number of nitrogens with two attached hydrogens (primary N) is 1. The van der Waals surface area contributed by atoms with Crippen molar-refractivity contribution in [3.05, 3.63) is 24.3 Å². The van der Waals surface area contributed by atoms with Crippen molar-refractivity contribution in [3.8, 4) is 0 Å². The van der Waals surface area contributed by atoms with Gasteiger partial charge in [-0.15, -0.1) is 0 Å². The van der Waals surface area contributed by atoms with Gasteiger partial charge in [0.1, 0.15) is 0 Å². The van der Waals surface area contributed by atoms with Gasteiger partial charge in [0.15, 0.2) is 5.11 Å². The molecule has 0 amide bonds. The molecule has 0 radical (unpaired) electrons. The molecule has 1 saturated heterocycles. The van der Waals surface area contributed by atoms with Gasteiger partial charge in [-0.25, -0.2) is 18.6 Å². The molecule has 9 heteroatoms. The quantitative estimate of drug-likeness (QED) is 0.497. The summed E-state index contributed by atoms with van der Waals surface area (Å²) in [7, 11) is -1.50. The van der Waals surface area contributed by atoms with Gasteiger partial charge in [-0.2, -0.15) is 0 Å². The second-order valence-corrected chi connectivity index (χ2v) is 7.05. The number of rotatable bonds is 3. The van der Waals surface area contributed by atoms with Crippen LogP contribution < -0.4 is 20.8 Å². The Bertz CT molecular complexity index is 595. The van der Waals surface area contributed by atoms with Crippen LogP contribution in [0.15, 0.2) is 29.2 Å². The maximum absolute atomic E-state index is 11.2. The first kappa shape index (κ1) is 16.1. The molecule has 1 aliphatic rings. The number of piperazine rings is 1. The van der Waals surface area contributed by atoms with Crippen LogP contribution in [0.5, 0.6) is 0 Å². The highest BCUT2D eigenvalue weighted by molar-refractivity contribution is 7.89. The molecule has 21 heavy (non-hydrogen) atoms. The molecule has 0 bridgehead atoms. The highest BCUT2D eigenvalue weighted by Gasteiger charge is 2.17. The Morgan fingerprint density at radius 2 is 1.86 bits per heavy atom. The normalized spacial score (nSPS) is 17.4. The predicted molar refractivity (Wildman–Crippen MR) is 85.4 cm³/mol. The second-order valence-electron chi connectivity index (χ2n) is 5.08. The third-order valence-electron chi connectivity index (χ3n) is 3.32. The van der Waals surface area contributed by atoms with Crippen LogP contribution in [0.2, 0.25) is 0 Å². The Morgan fingerprint density at radius 1 is 1.29 bits per heavy atom. The molecule has 5 N–H and O–H groups in total. The molecule has 0 saturated carbocycles. The lowest BCUT2D eigenvalue weighted by Gasteiger charge is -2.31. The number of hydrogen-bond acceptors (Lipinski definition) is 4. The van der Waals surface area contributed by atoms with Crippen LogP contribution in [0.3, 0.4) is 0 Å². The molecule has 0 aliphatic carbocycles. The first-order chi connectivity index (χ1) is 9.84. The van der Waals surface area contributed by atoms with Crippen molar-refractivity contribution >= 4 is 33.0 Å². The van der Waals surface area contributed by atoms with E-state index < -0.39 is 10.0 Å². The minimum Gasteiger partial charge on any atom is -0.335 e. The second kappa shape index (κ2) is 6.67. The van der Waals surface area contributed by atoms with E-state index in [1.807, 2.05) is 0 Å². The predicted octanol–water partition coefficient (Wildman–Crippen LogP) is -1.63. The maximum atomic E-state index is 11.2. The smallest absolute Gasteiger partial charge is 0.238 e. The Labute approximate surface area is 130 Å². The fourth-order valence-electron chi connectivity index (χ4n) is 2.03. The van der Waals surface area contributed by atoms with E-state index in [1.165, 1.54) is 17.0 Å². The third kappa shape index (κ3) is 4.90. The fraction of sp³-hybridized carbons (Fsp3) is 0.417. The van der Waals surface area contributed by atoms with Crippen LogP contribution in [0.25, 0.3) is 0 Å². The van der Waals surface area contributed by atoms with Crippen molar-refractivity contribution in [1.29, 1.82) is 0 Å². The molecule has 2 rings (SSSR count). The number of primary sulfonamides is 1. The van der Waals surface area contributed by atoms with E-state index in [-0.39, 0.29) is 4.90 Å². The zero-order chi connectivity index (χ0) is 15.5. The van der Waals surface area contributed by atoms with Gasteiger partial charge in [-0.1, -0.05) is 0 Å². The lowest BCUT2D eigenvalue weighted by molar-refractivity contribution is -0.884. The molecule has 1 heterocycles. The van der Waals surface area contributed by atoms with Crippen molar-refractivity contribution in [2.24, 2.45) is 5.14 Å². The molecular weight excluding hydrogens is 310 g/mol. The van der Waals surface area contributed by atoms with Gasteiger partial charge in [0, 0.05) is 5.69 Å². The summed E-state index contributed by atoms with van der Waals surface area (Å²) in [6, 6.07) is 6.14. The minimum atomic E-state index is -3.66. The zero-order valence-electron chi connectivity index (χ0n) is 11.8. The summed E-state index contributed by atoms with van der Waals surface area (Å²) in [5.74, 6) is 0. The molecule has 1 aliphatic heterocycles. The van der Waals surface area contributed by atoms with Crippen molar-refractivity contribution < 1.29 is 13.3 Å². The summed E-state index contributed by atoms with van der Waals surface area (Å²) >= 11 is 5.24. The first-order valence-electron chi connectivity index (χ1n) is 6.61. The van der Waals surface area contributed by atoms with Crippen molar-refractivity contribution in [1.82, 2.24) is 10.4 Å². The van der Waals surface area contributed by atoms with Crippen LogP contribution in [-0.2, 0) is 10.0 Å². The summed E-state index contributed by atoms with van der Waals surface area (Å²) in [5.41, 5.74) is 3.84. The van der Waals surface area contributed by atoms with Gasteiger partial charge in [0.25, 0.3) is 0 Å². The fourth-order valence-corrected chi connectivity index (χ4v) is 2.79. The summed E-state index contributed by atoms with van der Waals surface area (Å²) in [5, 5.41) is 10.6. The average molecular weight is 330 g/mol. The van der Waals surface area contributed by atoms with E-state index in [2.05, 4.69) is 22.8 Å². The summed E-state index contributed by atoms with van der Waals surface area (Å²) < 4.78 is 22.3. The summed E-state index contributed by atoms with van der Waals surface area (Å²) in [6.45, 7) is 3.99. The van der Waals surface area contributed by atoms with E-state index in [9.17, 15) is 8.42 Å². The highest BCUT2D eigenvalue weighted by atomic mass is 32.2. The van der Waals surface area contributed by atoms with E-state index in [0.717, 1.165) is 26.2 Å². The minimum absolute atomic E-state index is 0.0778. The molecule has 0 spiro atoms. The van der Waals surface area contributed by atoms with Crippen molar-refractivity contribution in [3.63, 3.8) is 0 Å². The van der Waals surface area contributed by atoms with Crippen LogP contribution in [0, 0.1) is 0 Å². The lowest BCUT2D eigenvalue weighted by Crippen LogP contribution is -3.12. The monoisotopic (exact) mass is 330 g/mol. The highest BCUT2D eigenvalue weighted by Crippen LogP contribution is 2.12. The van der Waals surface area contributed by atoms with Gasteiger partial charge < -0.3 is 10.2 Å². The van der Waals surface area contributed by atoms with Crippen LogP contribution in [0.1, 0.15) is 0 Å². The topological polar surface area (TPSA) is 91.9 Å². The number of nitrogens with zero attached hydrogens (tertiary/aromatic N) is 1. The lowest BCUT2D eigenvalue weighted by atomic mass is 10.3. The van der Waals surface area contributed by atoms with Crippen molar-refractivity contribution in [2.45, 2.75) is 4.90 Å². The summed E-state index contributed by atoms with van der Waals surface area (Å²) in [4.78, 5) is 1.58. The van der Waals surface area contributed by atoms with Gasteiger partial charge in [0.2, 0.25) is 10.0 Å². The number of thiocarbonyl (C=S) groups is 1. The number of nitrogens with one attached hydrogen (secondary N) is 3. The number of quaternary nitrogens is 1. The van der Waals surface area contributed by atoms with Crippen LogP contribution >= 0.6 is 12.2 Å². The Balaban J connectivity index is 1.88. The van der Waals surface area contributed by atoms with Gasteiger partial charge >= 0.3 is 0 Å². The van der Waals surface area contributed by atoms with Gasteiger partial charge in [-0.05, 0) is 36.5 Å². The molecule has 116 valence electrons. The maximum Gasteiger partial charge on any atom is 0.238 e. The van der Waals surface area contributed by atoms with E-state index in [1.54, 1.807) is 12.1 Å². The molecule has 1 aromatic rings. The SMILES string of the molecule is C[NH+]1CCN(NC(=S)Nc2ccc(S(N)(=O)=O)cc2)CC1. The molecule has 0 aromatic heterocycles. The van der Waals surface area contributed by atoms with Crippen LogP contribution in [-0.4, -0.2) is 51.8 Å². The van der Waals surface area contributed by atoms with Gasteiger partial charge in [0.05, 0.1) is 38.1 Å². The Hall–Kier alpha value is -1.26. The largest absolute Gasteiger partial charge is 0.335 e. The number of sulfonamides is 1. The molecule has 0 unspecified atom stereocenters. The van der Waals surface area contributed by atoms with E-state index in [4.69, 9.17) is 17.4 Å².